The number of halogens is 2. The van der Waals surface area contributed by atoms with Crippen molar-refractivity contribution < 1.29 is 23.9 Å². The van der Waals surface area contributed by atoms with Crippen molar-refractivity contribution in [3.8, 4) is 11.1 Å². The van der Waals surface area contributed by atoms with Crippen molar-refractivity contribution in [1.29, 1.82) is 0 Å². The van der Waals surface area contributed by atoms with E-state index in [2.05, 4.69) is 10.6 Å². The molecule has 2 amide bonds. The Hall–Kier alpha value is -3.36. The van der Waals surface area contributed by atoms with E-state index in [0.29, 0.717) is 0 Å². The monoisotopic (exact) mass is 472 g/mol. The van der Waals surface area contributed by atoms with Crippen molar-refractivity contribution in [1.82, 2.24) is 0 Å². The first kappa shape index (κ1) is 23.3. The summed E-state index contributed by atoms with van der Waals surface area (Å²) in [6, 6.07) is 17.9. The van der Waals surface area contributed by atoms with Gasteiger partial charge in [0.05, 0.1) is 28.4 Å². The molecule has 0 heterocycles. The number of rotatable bonds is 8. The minimum atomic E-state index is -1.23. The molecule has 3 aromatic carbocycles. The van der Waals surface area contributed by atoms with E-state index in [9.17, 15) is 23.9 Å². The van der Waals surface area contributed by atoms with Crippen molar-refractivity contribution >= 4 is 52.5 Å². The molecular formula is C23H18ClFN2O4S. The number of thioether (sulfide) groups is 1. The molecule has 3 aromatic rings. The molecule has 0 radical (unpaired) electrons. The van der Waals surface area contributed by atoms with E-state index in [4.69, 9.17) is 11.6 Å². The average Bonchev–Trinajstić information content (AvgIpc) is 2.77. The van der Waals surface area contributed by atoms with Crippen LogP contribution in [-0.2, 0) is 9.59 Å². The average molecular weight is 473 g/mol. The summed E-state index contributed by atoms with van der Waals surface area (Å²) in [7, 11) is 0. The molecule has 0 fully saturated rings. The third-order valence-electron chi connectivity index (χ3n) is 4.30. The summed E-state index contributed by atoms with van der Waals surface area (Å²) in [6.45, 7) is 0. The number of anilines is 2. The summed E-state index contributed by atoms with van der Waals surface area (Å²) >= 11 is 6.80. The minimum absolute atomic E-state index is 0.0497. The molecule has 9 heteroatoms. The van der Waals surface area contributed by atoms with Crippen molar-refractivity contribution in [2.75, 3.05) is 22.1 Å². The number of benzene rings is 3. The number of carboxylic acid groups (broad SMARTS) is 1. The summed E-state index contributed by atoms with van der Waals surface area (Å²) < 4.78 is 14.1. The van der Waals surface area contributed by atoms with Gasteiger partial charge in [0.15, 0.2) is 0 Å². The predicted octanol–water partition coefficient (Wildman–Crippen LogP) is 5.15. The third kappa shape index (κ3) is 6.32. The maximum atomic E-state index is 14.1. The summed E-state index contributed by atoms with van der Waals surface area (Å²) in [5, 5.41) is 14.4. The van der Waals surface area contributed by atoms with E-state index in [0.717, 1.165) is 22.9 Å². The van der Waals surface area contributed by atoms with Crippen LogP contribution in [0, 0.1) is 5.82 Å². The van der Waals surface area contributed by atoms with Gasteiger partial charge in [0.1, 0.15) is 5.82 Å². The number of carboxylic acids is 1. The van der Waals surface area contributed by atoms with Crippen LogP contribution < -0.4 is 10.6 Å². The molecule has 0 aliphatic heterocycles. The molecule has 0 saturated heterocycles. The summed E-state index contributed by atoms with van der Waals surface area (Å²) in [5.41, 5.74) is 1.66. The smallest absolute Gasteiger partial charge is 0.337 e. The van der Waals surface area contributed by atoms with Gasteiger partial charge in [0.25, 0.3) is 0 Å². The second-order valence-corrected chi connectivity index (χ2v) is 8.07. The van der Waals surface area contributed by atoms with Crippen molar-refractivity contribution in [3.05, 3.63) is 83.1 Å². The van der Waals surface area contributed by atoms with Crippen LogP contribution in [0.4, 0.5) is 15.8 Å². The topological polar surface area (TPSA) is 95.5 Å². The Balaban J connectivity index is 1.54. The van der Waals surface area contributed by atoms with Crippen molar-refractivity contribution in [2.45, 2.75) is 0 Å². The number of hydrogen-bond donors (Lipinski definition) is 3. The Morgan fingerprint density at radius 2 is 1.50 bits per heavy atom. The first-order valence-corrected chi connectivity index (χ1v) is 10.9. The fraction of sp³-hybridized carbons (Fsp3) is 0.0870. The summed E-state index contributed by atoms with van der Waals surface area (Å²) in [4.78, 5) is 35.6. The van der Waals surface area contributed by atoms with Crippen LogP contribution in [0.1, 0.15) is 10.4 Å². The van der Waals surface area contributed by atoms with E-state index in [1.807, 2.05) is 30.3 Å². The molecule has 0 saturated carbocycles. The summed E-state index contributed by atoms with van der Waals surface area (Å²) in [6.07, 6.45) is 0. The van der Waals surface area contributed by atoms with Crippen molar-refractivity contribution in [2.24, 2.45) is 0 Å². The Kier molecular flexibility index (Phi) is 7.86. The largest absolute Gasteiger partial charge is 0.478 e. The van der Waals surface area contributed by atoms with E-state index in [1.165, 1.54) is 24.3 Å². The number of carbonyl (C=O) groups is 3. The highest BCUT2D eigenvalue weighted by atomic mass is 35.5. The van der Waals surface area contributed by atoms with Crippen LogP contribution in [0.15, 0.2) is 66.7 Å². The zero-order chi connectivity index (χ0) is 23.1. The molecule has 0 aliphatic carbocycles. The van der Waals surface area contributed by atoms with Gasteiger partial charge in [0.2, 0.25) is 11.8 Å². The van der Waals surface area contributed by atoms with E-state index in [-0.39, 0.29) is 33.5 Å². The maximum absolute atomic E-state index is 14.1. The van der Waals surface area contributed by atoms with Gasteiger partial charge in [-0.25, -0.2) is 9.18 Å². The molecule has 3 rings (SSSR count). The Bertz CT molecular complexity index is 1160. The number of hydrogen-bond acceptors (Lipinski definition) is 4. The van der Waals surface area contributed by atoms with Crippen LogP contribution in [0.3, 0.4) is 0 Å². The highest BCUT2D eigenvalue weighted by molar-refractivity contribution is 8.00. The van der Waals surface area contributed by atoms with Crippen LogP contribution in [0.5, 0.6) is 0 Å². The Morgan fingerprint density at radius 3 is 2.16 bits per heavy atom. The number of carbonyl (C=O) groups excluding carboxylic acids is 2. The van der Waals surface area contributed by atoms with Gasteiger partial charge in [-0.1, -0.05) is 48.0 Å². The van der Waals surface area contributed by atoms with Gasteiger partial charge >= 0.3 is 5.97 Å². The molecule has 0 spiro atoms. The normalized spacial score (nSPS) is 10.4. The van der Waals surface area contributed by atoms with E-state index in [1.54, 1.807) is 12.1 Å². The van der Waals surface area contributed by atoms with Crippen LogP contribution in [0.2, 0.25) is 5.02 Å². The molecular weight excluding hydrogens is 455 g/mol. The maximum Gasteiger partial charge on any atom is 0.337 e. The van der Waals surface area contributed by atoms with Crippen LogP contribution >= 0.6 is 23.4 Å². The number of nitrogens with one attached hydrogen (secondary N) is 2. The Labute approximate surface area is 192 Å². The van der Waals surface area contributed by atoms with Crippen LogP contribution in [0.25, 0.3) is 11.1 Å². The lowest BCUT2D eigenvalue weighted by molar-refractivity contribution is -0.114. The fourth-order valence-electron chi connectivity index (χ4n) is 2.84. The van der Waals surface area contributed by atoms with Gasteiger partial charge < -0.3 is 15.7 Å². The molecule has 0 unspecified atom stereocenters. The van der Waals surface area contributed by atoms with Gasteiger partial charge in [-0.05, 0) is 41.5 Å². The second kappa shape index (κ2) is 10.8. The second-order valence-electron chi connectivity index (χ2n) is 6.64. The lowest BCUT2D eigenvalue weighted by Gasteiger charge is -2.10. The van der Waals surface area contributed by atoms with Crippen molar-refractivity contribution in [3.63, 3.8) is 0 Å². The third-order valence-corrected chi connectivity index (χ3v) is 5.47. The molecule has 6 nitrogen and oxygen atoms in total. The molecule has 32 heavy (non-hydrogen) atoms. The zero-order valence-corrected chi connectivity index (χ0v) is 18.2. The van der Waals surface area contributed by atoms with Crippen LogP contribution in [-0.4, -0.2) is 34.4 Å². The quantitative estimate of drug-likeness (QED) is 0.421. The molecule has 0 atom stereocenters. The zero-order valence-electron chi connectivity index (χ0n) is 16.6. The molecule has 0 aromatic heterocycles. The highest BCUT2D eigenvalue weighted by Crippen LogP contribution is 2.25. The number of amides is 2. The molecule has 164 valence electrons. The SMILES string of the molecule is O=C(CSCC(=O)Nc1ccc(Cl)cc1C(=O)O)Nc1cc(-c2ccccc2)ccc1F. The minimum Gasteiger partial charge on any atom is -0.478 e. The highest BCUT2D eigenvalue weighted by Gasteiger charge is 2.14. The number of aromatic carboxylic acids is 1. The molecule has 0 bridgehead atoms. The first-order chi connectivity index (χ1) is 15.3. The fourth-order valence-corrected chi connectivity index (χ4v) is 3.63. The first-order valence-electron chi connectivity index (χ1n) is 9.39. The summed E-state index contributed by atoms with van der Waals surface area (Å²) in [5.74, 6) is -2.93. The predicted molar refractivity (Wildman–Crippen MR) is 125 cm³/mol. The lowest BCUT2D eigenvalue weighted by Crippen LogP contribution is -2.20. The lowest BCUT2D eigenvalue weighted by atomic mass is 10.1. The standard InChI is InChI=1S/C23H18ClFN2O4S/c24-16-7-9-19(17(11-16)23(30)31)26-21(28)12-32-13-22(29)27-20-10-15(6-8-18(20)25)14-4-2-1-3-5-14/h1-11H,12-13H2,(H,26,28)(H,27,29)(H,30,31). The van der Waals surface area contributed by atoms with Gasteiger partial charge in [0, 0.05) is 5.02 Å². The molecule has 0 aliphatic rings. The van der Waals surface area contributed by atoms with Gasteiger partial charge in [-0.2, -0.15) is 0 Å². The van der Waals surface area contributed by atoms with E-state index < -0.39 is 23.6 Å². The van der Waals surface area contributed by atoms with Gasteiger partial charge in [-0.15, -0.1) is 11.8 Å². The van der Waals surface area contributed by atoms with E-state index >= 15 is 0 Å². The molecule has 3 N–H and O–H groups in total. The Morgan fingerprint density at radius 1 is 0.844 bits per heavy atom. The van der Waals surface area contributed by atoms with Gasteiger partial charge in [-0.3, -0.25) is 9.59 Å².